The lowest BCUT2D eigenvalue weighted by Crippen LogP contribution is -2.19. The lowest BCUT2D eigenvalue weighted by Gasteiger charge is -2.24. The van der Waals surface area contributed by atoms with Crippen LogP contribution in [-0.4, -0.2) is 0 Å². The number of rotatable bonds is 4. The van der Waals surface area contributed by atoms with Gasteiger partial charge in [-0.05, 0) is 36.1 Å². The smallest absolute Gasteiger partial charge is 0.171 e. The molecule has 0 aromatic heterocycles. The zero-order chi connectivity index (χ0) is 15.4. The molecule has 0 aliphatic rings. The molecule has 0 atom stereocenters. The van der Waals surface area contributed by atoms with Crippen LogP contribution in [0.4, 0.5) is 0 Å². The van der Waals surface area contributed by atoms with Gasteiger partial charge in [-0.2, -0.15) is 0 Å². The molecule has 0 saturated carbocycles. The van der Waals surface area contributed by atoms with Gasteiger partial charge in [0.2, 0.25) is 0 Å². The summed E-state index contributed by atoms with van der Waals surface area (Å²) in [5.41, 5.74) is 0. The summed E-state index contributed by atoms with van der Waals surface area (Å²) in [6.07, 6.45) is -2.37. The Morgan fingerprint density at radius 2 is 1.14 bits per heavy atom. The first-order valence-electron chi connectivity index (χ1n) is 6.85. The highest BCUT2D eigenvalue weighted by atomic mass is 35.5. The van der Waals surface area contributed by atoms with E-state index in [0.717, 1.165) is 16.4 Å². The summed E-state index contributed by atoms with van der Waals surface area (Å²) < 4.78 is 6.30. The van der Waals surface area contributed by atoms with Crippen molar-refractivity contribution in [2.45, 2.75) is 0 Å². The topological polar surface area (TPSA) is 9.23 Å². The molecule has 0 amide bonds. The third-order valence-electron chi connectivity index (χ3n) is 3.24. The highest BCUT2D eigenvalue weighted by Gasteiger charge is 2.24. The first-order chi connectivity index (χ1) is 10.7. The Balaban J connectivity index is 2.08. The Kier molecular flexibility index (Phi) is 4.63. The fourth-order valence-electron chi connectivity index (χ4n) is 2.15. The second-order valence-electron chi connectivity index (χ2n) is 4.77. The summed E-state index contributed by atoms with van der Waals surface area (Å²) in [6, 6.07) is 27.4. The number of hydrogen-bond donors (Lipinski definition) is 0. The van der Waals surface area contributed by atoms with Gasteiger partial charge in [-0.3, -0.25) is 0 Å². The summed E-state index contributed by atoms with van der Waals surface area (Å²) in [5.74, 6) is 0.737. The molecule has 0 unspecified atom stereocenters. The van der Waals surface area contributed by atoms with E-state index >= 15 is 0 Å². The van der Waals surface area contributed by atoms with Gasteiger partial charge in [0.05, 0.1) is 0 Å². The number of halogens is 1. The molecule has 3 aromatic rings. The molecular weight excluding hydrogens is 331 g/mol. The van der Waals surface area contributed by atoms with Gasteiger partial charge in [0, 0.05) is 15.6 Å². The largest absolute Gasteiger partial charge is 0.458 e. The van der Waals surface area contributed by atoms with Crippen LogP contribution in [0.1, 0.15) is 0 Å². The van der Waals surface area contributed by atoms with Crippen molar-refractivity contribution in [3.05, 3.63) is 90.0 Å². The van der Waals surface area contributed by atoms with E-state index in [1.54, 1.807) is 0 Å². The third kappa shape index (κ3) is 3.25. The zero-order valence-electron chi connectivity index (χ0n) is 11.7. The highest BCUT2D eigenvalue weighted by Crippen LogP contribution is 2.45. The van der Waals surface area contributed by atoms with Crippen molar-refractivity contribution >= 4 is 40.3 Å². The molecule has 0 aliphatic heterocycles. The second-order valence-corrected chi connectivity index (χ2v) is 9.07. The van der Waals surface area contributed by atoms with Gasteiger partial charge in [-0.25, -0.2) is 0 Å². The monoisotopic (exact) mass is 344 g/mol. The summed E-state index contributed by atoms with van der Waals surface area (Å²) in [4.78, 5) is 0. The lowest BCUT2D eigenvalue weighted by molar-refractivity contribution is 0.628. The summed E-state index contributed by atoms with van der Waals surface area (Å²) in [5, 5.41) is 2.75. The van der Waals surface area contributed by atoms with Gasteiger partial charge in [-0.1, -0.05) is 72.3 Å². The average molecular weight is 345 g/mol. The second kappa shape index (κ2) is 6.66. The van der Waals surface area contributed by atoms with Gasteiger partial charge in [-0.15, -0.1) is 0 Å². The maximum absolute atomic E-state index is 6.30. The summed E-state index contributed by atoms with van der Waals surface area (Å²) in [7, 11) is 0. The van der Waals surface area contributed by atoms with Crippen molar-refractivity contribution in [2.24, 2.45) is 0 Å². The van der Waals surface area contributed by atoms with Crippen LogP contribution in [0.15, 0.2) is 84.9 Å². The van der Waals surface area contributed by atoms with E-state index in [4.69, 9.17) is 27.9 Å². The van der Waals surface area contributed by atoms with E-state index < -0.39 is 6.26 Å². The molecule has 1 nitrogen and oxygen atoms in total. The van der Waals surface area contributed by atoms with Gasteiger partial charge in [0.15, 0.2) is 6.26 Å². The van der Waals surface area contributed by atoms with Gasteiger partial charge in [0.1, 0.15) is 5.75 Å². The Morgan fingerprint density at radius 1 is 0.682 bits per heavy atom. The summed E-state index contributed by atoms with van der Waals surface area (Å²) >= 11 is 12.0. The van der Waals surface area contributed by atoms with Crippen molar-refractivity contribution in [1.82, 2.24) is 0 Å². The van der Waals surface area contributed by atoms with Crippen LogP contribution in [-0.2, 0) is 11.8 Å². The SMILES string of the molecule is S=P(Oc1ccc(Cl)cc1)(c1ccccc1)c1ccccc1. The van der Waals surface area contributed by atoms with Crippen molar-refractivity contribution in [1.29, 1.82) is 0 Å². The molecular formula is C18H14ClOPS. The Morgan fingerprint density at radius 3 is 1.59 bits per heavy atom. The molecule has 0 saturated heterocycles. The normalized spacial score (nSPS) is 11.1. The number of hydrogen-bond acceptors (Lipinski definition) is 2. The molecule has 0 heterocycles. The quantitative estimate of drug-likeness (QED) is 0.631. The van der Waals surface area contributed by atoms with Gasteiger partial charge >= 0.3 is 0 Å². The Bertz CT molecular complexity index is 745. The summed E-state index contributed by atoms with van der Waals surface area (Å²) in [6.45, 7) is 0. The Hall–Kier alpha value is -1.60. The van der Waals surface area contributed by atoms with E-state index in [2.05, 4.69) is 0 Å². The zero-order valence-corrected chi connectivity index (χ0v) is 14.2. The van der Waals surface area contributed by atoms with Crippen LogP contribution >= 0.6 is 17.9 Å². The fourth-order valence-corrected chi connectivity index (χ4v) is 5.32. The molecule has 3 aromatic carbocycles. The first kappa shape index (κ1) is 15.3. The van der Waals surface area contributed by atoms with Gasteiger partial charge in [0.25, 0.3) is 0 Å². The molecule has 0 radical (unpaired) electrons. The Labute approximate surface area is 140 Å². The first-order valence-corrected chi connectivity index (χ1v) is 9.95. The van der Waals surface area contributed by atoms with Crippen LogP contribution in [0.2, 0.25) is 5.02 Å². The van der Waals surface area contributed by atoms with E-state index in [1.165, 1.54) is 0 Å². The molecule has 0 N–H and O–H groups in total. The predicted molar refractivity (Wildman–Crippen MR) is 98.5 cm³/mol. The minimum atomic E-state index is -2.37. The van der Waals surface area contributed by atoms with Crippen molar-refractivity contribution in [3.63, 3.8) is 0 Å². The molecule has 110 valence electrons. The van der Waals surface area contributed by atoms with Crippen LogP contribution in [0, 0.1) is 0 Å². The van der Waals surface area contributed by atoms with E-state index in [0.29, 0.717) is 5.02 Å². The minimum Gasteiger partial charge on any atom is -0.458 e. The number of benzene rings is 3. The minimum absolute atomic E-state index is 0.681. The predicted octanol–water partition coefficient (Wildman–Crippen LogP) is 4.76. The molecule has 4 heteroatoms. The maximum Gasteiger partial charge on any atom is 0.171 e. The van der Waals surface area contributed by atoms with Crippen LogP contribution in [0.5, 0.6) is 5.75 Å². The lowest BCUT2D eigenvalue weighted by atomic mass is 10.3. The van der Waals surface area contributed by atoms with Gasteiger partial charge < -0.3 is 4.52 Å². The molecule has 0 bridgehead atoms. The highest BCUT2D eigenvalue weighted by molar-refractivity contribution is 8.19. The molecule has 3 rings (SSSR count). The van der Waals surface area contributed by atoms with E-state index in [-0.39, 0.29) is 0 Å². The molecule has 22 heavy (non-hydrogen) atoms. The van der Waals surface area contributed by atoms with Crippen LogP contribution < -0.4 is 15.1 Å². The maximum atomic E-state index is 6.30. The molecule has 0 aliphatic carbocycles. The molecule has 0 spiro atoms. The fraction of sp³-hybridized carbons (Fsp3) is 0. The average Bonchev–Trinajstić information content (AvgIpc) is 2.58. The standard InChI is InChI=1S/C18H14ClOPS/c19-15-11-13-16(14-12-15)20-21(22,17-7-3-1-4-8-17)18-9-5-2-6-10-18/h1-14H. The van der Waals surface area contributed by atoms with E-state index in [9.17, 15) is 0 Å². The third-order valence-corrected chi connectivity index (χ3v) is 7.40. The van der Waals surface area contributed by atoms with Crippen LogP contribution in [0.25, 0.3) is 0 Å². The van der Waals surface area contributed by atoms with Crippen molar-refractivity contribution < 1.29 is 4.52 Å². The molecule has 0 fully saturated rings. The van der Waals surface area contributed by atoms with Crippen molar-refractivity contribution in [3.8, 4) is 5.75 Å². The van der Waals surface area contributed by atoms with E-state index in [1.807, 2.05) is 84.9 Å². The van der Waals surface area contributed by atoms with Crippen molar-refractivity contribution in [2.75, 3.05) is 0 Å². The van der Waals surface area contributed by atoms with Crippen LogP contribution in [0.3, 0.4) is 0 Å².